The Morgan fingerprint density at radius 3 is 2.85 bits per heavy atom. The Morgan fingerprint density at radius 2 is 2.04 bits per heavy atom. The summed E-state index contributed by atoms with van der Waals surface area (Å²) in [5.41, 5.74) is -0.411. The number of amides is 4. The molecule has 2 N–H and O–H groups in total. The fraction of sp³-hybridized carbons (Fsp3) is 0.211. The third-order valence-corrected chi connectivity index (χ3v) is 4.67. The summed E-state index contributed by atoms with van der Waals surface area (Å²) in [4.78, 5) is 38.6. The number of carbonyl (C=O) groups is 3. The molecule has 0 saturated carbocycles. The zero-order valence-corrected chi connectivity index (χ0v) is 14.2. The number of halogens is 1. The number of nitrogens with one attached hydrogen (secondary N) is 2. The SMILES string of the molecule is O=C(CN1C(=O)NC2(CCOc3ccccc32)C1=O)Nc1cccc(F)c1. The van der Waals surface area contributed by atoms with E-state index in [9.17, 15) is 18.8 Å². The average molecular weight is 369 g/mol. The molecule has 4 amide bonds. The van der Waals surface area contributed by atoms with Crippen LogP contribution >= 0.6 is 0 Å². The molecule has 1 unspecified atom stereocenters. The van der Waals surface area contributed by atoms with E-state index in [2.05, 4.69) is 10.6 Å². The molecule has 0 bridgehead atoms. The molecule has 1 atom stereocenters. The molecule has 2 aromatic rings. The predicted octanol–water partition coefficient (Wildman–Crippen LogP) is 1.99. The van der Waals surface area contributed by atoms with E-state index in [1.54, 1.807) is 24.3 Å². The number of ether oxygens (including phenoxy) is 1. The minimum atomic E-state index is -1.23. The van der Waals surface area contributed by atoms with Crippen LogP contribution in [-0.2, 0) is 15.1 Å². The van der Waals surface area contributed by atoms with Crippen molar-refractivity contribution in [2.45, 2.75) is 12.0 Å². The maximum absolute atomic E-state index is 13.2. The number of hydrogen-bond acceptors (Lipinski definition) is 4. The molecule has 8 heteroatoms. The van der Waals surface area contributed by atoms with E-state index in [0.717, 1.165) is 11.0 Å². The molecule has 2 heterocycles. The molecule has 2 aliphatic heterocycles. The van der Waals surface area contributed by atoms with E-state index in [1.807, 2.05) is 0 Å². The average Bonchev–Trinajstić information content (AvgIpc) is 2.87. The number of para-hydroxylation sites is 1. The Hall–Kier alpha value is -3.42. The van der Waals surface area contributed by atoms with Crippen molar-refractivity contribution in [1.29, 1.82) is 0 Å². The van der Waals surface area contributed by atoms with Gasteiger partial charge in [-0.2, -0.15) is 0 Å². The minimum absolute atomic E-state index is 0.248. The standard InChI is InChI=1S/C19H16FN3O4/c20-12-4-3-5-13(10-12)21-16(24)11-23-17(25)19(22-18(23)26)8-9-27-15-7-2-1-6-14(15)19/h1-7,10H,8-9,11H2,(H,21,24)(H,22,26). The van der Waals surface area contributed by atoms with Crippen molar-refractivity contribution in [3.05, 3.63) is 59.9 Å². The van der Waals surface area contributed by atoms with Gasteiger partial charge in [-0.25, -0.2) is 9.18 Å². The highest BCUT2D eigenvalue weighted by Crippen LogP contribution is 2.40. The van der Waals surface area contributed by atoms with Crippen LogP contribution in [0.5, 0.6) is 5.75 Å². The number of anilines is 1. The second-order valence-electron chi connectivity index (χ2n) is 6.38. The van der Waals surface area contributed by atoms with Crippen LogP contribution < -0.4 is 15.4 Å². The third kappa shape index (κ3) is 2.88. The van der Waals surface area contributed by atoms with Crippen LogP contribution in [0, 0.1) is 5.82 Å². The van der Waals surface area contributed by atoms with Gasteiger partial charge in [-0.15, -0.1) is 0 Å². The van der Waals surface area contributed by atoms with E-state index in [-0.39, 0.29) is 18.7 Å². The van der Waals surface area contributed by atoms with Crippen molar-refractivity contribution in [3.63, 3.8) is 0 Å². The first-order chi connectivity index (χ1) is 13.0. The molecule has 2 aliphatic rings. The van der Waals surface area contributed by atoms with Crippen LogP contribution in [0.4, 0.5) is 14.9 Å². The van der Waals surface area contributed by atoms with Crippen molar-refractivity contribution >= 4 is 23.5 Å². The quantitative estimate of drug-likeness (QED) is 0.810. The Kier molecular flexibility index (Phi) is 4.02. The van der Waals surface area contributed by atoms with Gasteiger partial charge in [0.05, 0.1) is 6.61 Å². The third-order valence-electron chi connectivity index (χ3n) is 4.67. The van der Waals surface area contributed by atoms with Gasteiger partial charge in [0.2, 0.25) is 5.91 Å². The van der Waals surface area contributed by atoms with Gasteiger partial charge in [0.1, 0.15) is 18.1 Å². The normalized spacial score (nSPS) is 20.9. The van der Waals surface area contributed by atoms with Crippen molar-refractivity contribution < 1.29 is 23.5 Å². The Balaban J connectivity index is 1.55. The maximum Gasteiger partial charge on any atom is 0.325 e. The molecular formula is C19H16FN3O4. The summed E-state index contributed by atoms with van der Waals surface area (Å²) in [5, 5.41) is 5.20. The lowest BCUT2D eigenvalue weighted by molar-refractivity contribution is -0.135. The molecule has 2 aromatic carbocycles. The number of urea groups is 1. The lowest BCUT2D eigenvalue weighted by Crippen LogP contribution is -2.48. The predicted molar refractivity (Wildman–Crippen MR) is 93.5 cm³/mol. The van der Waals surface area contributed by atoms with Gasteiger partial charge in [-0.3, -0.25) is 14.5 Å². The smallest absolute Gasteiger partial charge is 0.325 e. The number of imide groups is 1. The van der Waals surface area contributed by atoms with Gasteiger partial charge in [0.25, 0.3) is 5.91 Å². The van der Waals surface area contributed by atoms with Crippen LogP contribution in [-0.4, -0.2) is 35.9 Å². The molecule has 0 radical (unpaired) electrons. The van der Waals surface area contributed by atoms with Crippen LogP contribution in [0.25, 0.3) is 0 Å². The molecule has 7 nitrogen and oxygen atoms in total. The molecule has 0 aliphatic carbocycles. The molecule has 138 valence electrons. The molecule has 1 spiro atoms. The molecule has 1 saturated heterocycles. The summed E-state index contributed by atoms with van der Waals surface area (Å²) >= 11 is 0. The number of benzene rings is 2. The zero-order valence-electron chi connectivity index (χ0n) is 14.2. The first kappa shape index (κ1) is 17.0. The minimum Gasteiger partial charge on any atom is -0.493 e. The summed E-state index contributed by atoms with van der Waals surface area (Å²) in [7, 11) is 0. The number of hydrogen-bond donors (Lipinski definition) is 2. The Bertz CT molecular complexity index is 948. The monoisotopic (exact) mass is 369 g/mol. The highest BCUT2D eigenvalue weighted by molar-refractivity contribution is 6.10. The summed E-state index contributed by atoms with van der Waals surface area (Å²) in [6.07, 6.45) is 0.274. The molecule has 0 aromatic heterocycles. The molecule has 27 heavy (non-hydrogen) atoms. The van der Waals surface area contributed by atoms with E-state index >= 15 is 0 Å². The molecule has 4 rings (SSSR count). The fourth-order valence-electron chi connectivity index (χ4n) is 3.43. The lowest BCUT2D eigenvalue weighted by Gasteiger charge is -2.33. The first-order valence-corrected chi connectivity index (χ1v) is 8.41. The van der Waals surface area contributed by atoms with Crippen LogP contribution in [0.1, 0.15) is 12.0 Å². The van der Waals surface area contributed by atoms with E-state index in [4.69, 9.17) is 4.74 Å². The number of rotatable bonds is 3. The first-order valence-electron chi connectivity index (χ1n) is 8.41. The van der Waals surface area contributed by atoms with Gasteiger partial charge in [-0.05, 0) is 24.3 Å². The second-order valence-corrected chi connectivity index (χ2v) is 6.38. The van der Waals surface area contributed by atoms with Crippen LogP contribution in [0.3, 0.4) is 0 Å². The van der Waals surface area contributed by atoms with Gasteiger partial charge in [0.15, 0.2) is 5.54 Å². The van der Waals surface area contributed by atoms with Gasteiger partial charge in [0, 0.05) is 17.7 Å². The fourth-order valence-corrected chi connectivity index (χ4v) is 3.43. The van der Waals surface area contributed by atoms with E-state index < -0.39 is 35.7 Å². The van der Waals surface area contributed by atoms with Gasteiger partial charge < -0.3 is 15.4 Å². The Labute approximate surface area is 154 Å². The van der Waals surface area contributed by atoms with Gasteiger partial charge in [-0.1, -0.05) is 24.3 Å². The summed E-state index contributed by atoms with van der Waals surface area (Å²) in [6, 6.07) is 11.7. The van der Waals surface area contributed by atoms with Crippen molar-refractivity contribution in [3.8, 4) is 5.75 Å². The van der Waals surface area contributed by atoms with Crippen LogP contribution in [0.15, 0.2) is 48.5 Å². The number of fused-ring (bicyclic) bond motifs is 2. The largest absolute Gasteiger partial charge is 0.493 e. The highest BCUT2D eigenvalue weighted by atomic mass is 19.1. The van der Waals surface area contributed by atoms with Crippen molar-refractivity contribution in [2.24, 2.45) is 0 Å². The highest BCUT2D eigenvalue weighted by Gasteiger charge is 2.55. The summed E-state index contributed by atoms with van der Waals surface area (Å²) in [5.74, 6) is -1.07. The molecular weight excluding hydrogens is 353 g/mol. The van der Waals surface area contributed by atoms with E-state index in [0.29, 0.717) is 11.3 Å². The summed E-state index contributed by atoms with van der Waals surface area (Å²) < 4.78 is 18.8. The summed E-state index contributed by atoms with van der Waals surface area (Å²) in [6.45, 7) is -0.196. The molecule has 1 fully saturated rings. The van der Waals surface area contributed by atoms with Crippen molar-refractivity contribution in [2.75, 3.05) is 18.5 Å². The number of nitrogens with zero attached hydrogens (tertiary/aromatic N) is 1. The maximum atomic E-state index is 13.2. The zero-order chi connectivity index (χ0) is 19.0. The van der Waals surface area contributed by atoms with Gasteiger partial charge >= 0.3 is 6.03 Å². The Morgan fingerprint density at radius 1 is 1.22 bits per heavy atom. The second kappa shape index (κ2) is 6.39. The number of carbonyl (C=O) groups excluding carboxylic acids is 3. The topological polar surface area (TPSA) is 87.7 Å². The van der Waals surface area contributed by atoms with Crippen molar-refractivity contribution in [1.82, 2.24) is 10.2 Å². The van der Waals surface area contributed by atoms with Crippen LogP contribution in [0.2, 0.25) is 0 Å². The van der Waals surface area contributed by atoms with E-state index in [1.165, 1.54) is 18.2 Å². The lowest BCUT2D eigenvalue weighted by atomic mass is 9.84.